The molecular formula is C26H29N3O3. The molecular weight excluding hydrogens is 402 g/mol. The number of carbonyl (C=O) groups is 1. The third-order valence-corrected chi connectivity index (χ3v) is 5.47. The summed E-state index contributed by atoms with van der Waals surface area (Å²) in [5.74, 6) is 0.976. The van der Waals surface area contributed by atoms with E-state index in [0.717, 1.165) is 30.0 Å². The Kier molecular flexibility index (Phi) is 7.23. The van der Waals surface area contributed by atoms with E-state index < -0.39 is 0 Å². The number of benzene rings is 2. The molecule has 1 N–H and O–H groups in total. The summed E-state index contributed by atoms with van der Waals surface area (Å²) in [4.78, 5) is 19.5. The van der Waals surface area contributed by atoms with Crippen LogP contribution in [-0.2, 0) is 6.61 Å². The number of pyridine rings is 1. The van der Waals surface area contributed by atoms with Crippen molar-refractivity contribution in [2.24, 2.45) is 0 Å². The fourth-order valence-electron chi connectivity index (χ4n) is 3.87. The van der Waals surface area contributed by atoms with E-state index >= 15 is 0 Å². The highest BCUT2D eigenvalue weighted by molar-refractivity contribution is 6.06. The zero-order valence-electron chi connectivity index (χ0n) is 18.4. The molecule has 0 radical (unpaired) electrons. The minimum atomic E-state index is -0.172. The second-order valence-electron chi connectivity index (χ2n) is 7.76. The van der Waals surface area contributed by atoms with Crippen LogP contribution in [0.2, 0.25) is 0 Å². The van der Waals surface area contributed by atoms with Crippen molar-refractivity contribution in [3.05, 3.63) is 78.1 Å². The molecule has 0 aliphatic carbocycles. The fraction of sp³-hybridized carbons (Fsp3) is 0.308. The summed E-state index contributed by atoms with van der Waals surface area (Å²) >= 11 is 0. The molecule has 166 valence electrons. The first-order valence-corrected chi connectivity index (χ1v) is 11.2. The molecule has 1 aromatic heterocycles. The van der Waals surface area contributed by atoms with Gasteiger partial charge in [0, 0.05) is 36.6 Å². The lowest BCUT2D eigenvalue weighted by atomic mass is 10.1. The van der Waals surface area contributed by atoms with Gasteiger partial charge < -0.3 is 19.7 Å². The van der Waals surface area contributed by atoms with Gasteiger partial charge in [-0.1, -0.05) is 18.2 Å². The Labute approximate surface area is 189 Å². The molecule has 4 rings (SSSR count). The highest BCUT2D eigenvalue weighted by Crippen LogP contribution is 2.31. The molecule has 0 unspecified atom stereocenters. The van der Waals surface area contributed by atoms with Gasteiger partial charge in [0.15, 0.2) is 11.5 Å². The summed E-state index contributed by atoms with van der Waals surface area (Å²) in [6.45, 7) is 4.80. The zero-order chi connectivity index (χ0) is 22.2. The molecule has 0 bridgehead atoms. The number of nitrogens with zero attached hydrogens (tertiary/aromatic N) is 2. The van der Waals surface area contributed by atoms with E-state index in [-0.39, 0.29) is 5.91 Å². The van der Waals surface area contributed by atoms with E-state index in [1.165, 1.54) is 19.3 Å². The fourth-order valence-corrected chi connectivity index (χ4v) is 3.87. The van der Waals surface area contributed by atoms with E-state index in [1.807, 2.05) is 37.3 Å². The van der Waals surface area contributed by atoms with Gasteiger partial charge in [-0.25, -0.2) is 0 Å². The lowest BCUT2D eigenvalue weighted by molar-refractivity contribution is 0.102. The normalized spacial score (nSPS) is 13.5. The maximum atomic E-state index is 13.1. The Hall–Kier alpha value is -3.54. The number of rotatable bonds is 8. The van der Waals surface area contributed by atoms with Gasteiger partial charge in [-0.2, -0.15) is 0 Å². The molecule has 2 heterocycles. The van der Waals surface area contributed by atoms with Crippen molar-refractivity contribution < 1.29 is 14.3 Å². The maximum absolute atomic E-state index is 13.1. The number of ether oxygens (including phenoxy) is 2. The van der Waals surface area contributed by atoms with Crippen molar-refractivity contribution in [3.8, 4) is 11.5 Å². The molecule has 1 amide bonds. The molecule has 1 saturated heterocycles. The van der Waals surface area contributed by atoms with Crippen LogP contribution in [0.4, 0.5) is 11.4 Å². The number of piperidine rings is 1. The Morgan fingerprint density at radius 3 is 2.62 bits per heavy atom. The second-order valence-corrected chi connectivity index (χ2v) is 7.76. The number of carbonyl (C=O) groups excluding carboxylic acids is 1. The van der Waals surface area contributed by atoms with Gasteiger partial charge in [-0.05, 0) is 62.6 Å². The van der Waals surface area contributed by atoms with Crippen LogP contribution >= 0.6 is 0 Å². The Morgan fingerprint density at radius 2 is 1.84 bits per heavy atom. The number of amides is 1. The quantitative estimate of drug-likeness (QED) is 0.524. The smallest absolute Gasteiger partial charge is 0.255 e. The first kappa shape index (κ1) is 21.7. The minimum Gasteiger partial charge on any atom is -0.490 e. The number of anilines is 2. The van der Waals surface area contributed by atoms with Crippen molar-refractivity contribution in [1.82, 2.24) is 4.98 Å². The molecule has 32 heavy (non-hydrogen) atoms. The topological polar surface area (TPSA) is 63.7 Å². The molecule has 1 aliphatic heterocycles. The van der Waals surface area contributed by atoms with Gasteiger partial charge >= 0.3 is 0 Å². The van der Waals surface area contributed by atoms with Crippen LogP contribution in [0.1, 0.15) is 42.1 Å². The Balaban J connectivity index is 1.50. The molecule has 2 aromatic carbocycles. The molecule has 1 aliphatic rings. The van der Waals surface area contributed by atoms with Crippen molar-refractivity contribution in [1.29, 1.82) is 0 Å². The number of nitrogens with one attached hydrogen (secondary N) is 1. The molecule has 6 nitrogen and oxygen atoms in total. The minimum absolute atomic E-state index is 0.172. The summed E-state index contributed by atoms with van der Waals surface area (Å²) in [5, 5.41) is 3.09. The lowest BCUT2D eigenvalue weighted by Crippen LogP contribution is -2.30. The first-order chi connectivity index (χ1) is 15.7. The maximum Gasteiger partial charge on any atom is 0.255 e. The van der Waals surface area contributed by atoms with Crippen LogP contribution in [0.25, 0.3) is 0 Å². The SMILES string of the molecule is CCOc1cc(C(=O)Nc2ccccc2N2CCCCC2)ccc1OCc1cccnc1. The highest BCUT2D eigenvalue weighted by Gasteiger charge is 2.17. The van der Waals surface area contributed by atoms with Crippen LogP contribution in [0.3, 0.4) is 0 Å². The summed E-state index contributed by atoms with van der Waals surface area (Å²) in [7, 11) is 0. The van der Waals surface area contributed by atoms with Gasteiger partial charge in [0.1, 0.15) is 6.61 Å². The van der Waals surface area contributed by atoms with Crippen LogP contribution in [-0.4, -0.2) is 30.6 Å². The van der Waals surface area contributed by atoms with Crippen LogP contribution < -0.4 is 19.7 Å². The number of aromatic nitrogens is 1. The third kappa shape index (κ3) is 5.38. The van der Waals surface area contributed by atoms with Crippen molar-refractivity contribution in [3.63, 3.8) is 0 Å². The van der Waals surface area contributed by atoms with Crippen LogP contribution in [0.5, 0.6) is 11.5 Å². The average Bonchev–Trinajstić information content (AvgIpc) is 2.85. The van der Waals surface area contributed by atoms with Gasteiger partial charge in [-0.15, -0.1) is 0 Å². The number of para-hydroxylation sites is 2. The van der Waals surface area contributed by atoms with Crippen LogP contribution in [0.15, 0.2) is 67.0 Å². The predicted molar refractivity (Wildman–Crippen MR) is 127 cm³/mol. The monoisotopic (exact) mass is 431 g/mol. The molecule has 3 aromatic rings. The standard InChI is InChI=1S/C26H29N3O3/c1-2-31-25-17-21(12-13-24(25)32-19-20-9-8-14-27-18-20)26(30)28-22-10-4-5-11-23(22)29-15-6-3-7-16-29/h4-5,8-14,17-18H,2-3,6-7,15-16,19H2,1H3,(H,28,30). The molecule has 0 atom stereocenters. The number of hydrogen-bond donors (Lipinski definition) is 1. The molecule has 0 spiro atoms. The Bertz CT molecular complexity index is 1030. The van der Waals surface area contributed by atoms with Gasteiger partial charge in [0.05, 0.1) is 18.0 Å². The second kappa shape index (κ2) is 10.7. The Morgan fingerprint density at radius 1 is 1.00 bits per heavy atom. The van der Waals surface area contributed by atoms with E-state index in [0.29, 0.717) is 30.3 Å². The first-order valence-electron chi connectivity index (χ1n) is 11.2. The van der Waals surface area contributed by atoms with E-state index in [9.17, 15) is 4.79 Å². The van der Waals surface area contributed by atoms with Crippen molar-refractivity contribution in [2.75, 3.05) is 29.9 Å². The van der Waals surface area contributed by atoms with Gasteiger partial charge in [0.25, 0.3) is 5.91 Å². The lowest BCUT2D eigenvalue weighted by Gasteiger charge is -2.30. The van der Waals surface area contributed by atoms with Crippen molar-refractivity contribution in [2.45, 2.75) is 32.8 Å². The zero-order valence-corrected chi connectivity index (χ0v) is 18.4. The molecule has 0 saturated carbocycles. The highest BCUT2D eigenvalue weighted by atomic mass is 16.5. The van der Waals surface area contributed by atoms with Crippen molar-refractivity contribution >= 4 is 17.3 Å². The summed E-state index contributed by atoms with van der Waals surface area (Å²) in [5.41, 5.74) is 3.39. The van der Waals surface area contributed by atoms with Crippen LogP contribution in [0, 0.1) is 0 Å². The summed E-state index contributed by atoms with van der Waals surface area (Å²) in [6.07, 6.45) is 7.12. The van der Waals surface area contributed by atoms with Gasteiger partial charge in [0.2, 0.25) is 0 Å². The molecule has 1 fully saturated rings. The third-order valence-electron chi connectivity index (χ3n) is 5.47. The van der Waals surface area contributed by atoms with E-state index in [2.05, 4.69) is 21.3 Å². The largest absolute Gasteiger partial charge is 0.490 e. The average molecular weight is 432 g/mol. The summed E-state index contributed by atoms with van der Waals surface area (Å²) in [6, 6.07) is 17.1. The molecule has 6 heteroatoms. The summed E-state index contributed by atoms with van der Waals surface area (Å²) < 4.78 is 11.7. The van der Waals surface area contributed by atoms with E-state index in [1.54, 1.807) is 30.6 Å². The van der Waals surface area contributed by atoms with Gasteiger partial charge in [-0.3, -0.25) is 9.78 Å². The predicted octanol–water partition coefficient (Wildman–Crippen LogP) is 5.30. The number of hydrogen-bond acceptors (Lipinski definition) is 5. The van der Waals surface area contributed by atoms with E-state index in [4.69, 9.17) is 9.47 Å².